The molecule has 0 atom stereocenters. The first kappa shape index (κ1) is 21.2. The van der Waals surface area contributed by atoms with Gasteiger partial charge in [-0.05, 0) is 36.6 Å². The second kappa shape index (κ2) is 10.3. The molecule has 148 valence electrons. The first-order chi connectivity index (χ1) is 13.4. The number of carbonyl (C=O) groups is 3. The third-order valence-electron chi connectivity index (χ3n) is 4.22. The van der Waals surface area contributed by atoms with E-state index in [0.29, 0.717) is 17.7 Å². The van der Waals surface area contributed by atoms with E-state index in [0.717, 1.165) is 24.1 Å². The summed E-state index contributed by atoms with van der Waals surface area (Å²) in [5, 5.41) is 2.75. The molecule has 1 N–H and O–H groups in total. The van der Waals surface area contributed by atoms with Gasteiger partial charge in [0.1, 0.15) is 0 Å². The maximum Gasteiger partial charge on any atom is 0.338 e. The molecule has 0 spiro atoms. The van der Waals surface area contributed by atoms with Crippen molar-refractivity contribution >= 4 is 23.3 Å². The molecule has 0 heterocycles. The van der Waals surface area contributed by atoms with Crippen LogP contribution in [0, 0.1) is 0 Å². The number of anilines is 1. The fourth-order valence-electron chi connectivity index (χ4n) is 2.62. The van der Waals surface area contributed by atoms with Gasteiger partial charge in [0, 0.05) is 38.8 Å². The van der Waals surface area contributed by atoms with Crippen LogP contribution in [0.1, 0.15) is 39.6 Å². The van der Waals surface area contributed by atoms with E-state index in [9.17, 15) is 14.4 Å². The quantitative estimate of drug-likeness (QED) is 0.410. The van der Waals surface area contributed by atoms with Crippen LogP contribution in [-0.2, 0) is 16.0 Å². The minimum Gasteiger partial charge on any atom is -0.454 e. The lowest BCUT2D eigenvalue weighted by Gasteiger charge is -2.13. The molecule has 0 aromatic heterocycles. The molecule has 0 saturated carbocycles. The van der Waals surface area contributed by atoms with Gasteiger partial charge in [-0.15, -0.1) is 0 Å². The lowest BCUT2D eigenvalue weighted by atomic mass is 10.1. The number of hydrogen-bond donors (Lipinski definition) is 1. The topological polar surface area (TPSA) is 75.7 Å². The molecular weight excluding hydrogens is 356 g/mol. The number of carbonyl (C=O) groups excluding carboxylic acids is 3. The molecule has 0 aliphatic carbocycles. The van der Waals surface area contributed by atoms with Gasteiger partial charge in [0.25, 0.3) is 0 Å². The van der Waals surface area contributed by atoms with Crippen molar-refractivity contribution in [2.24, 2.45) is 0 Å². The number of benzene rings is 2. The van der Waals surface area contributed by atoms with Crippen LogP contribution in [0.4, 0.5) is 5.69 Å². The zero-order chi connectivity index (χ0) is 20.5. The molecule has 2 aromatic rings. The van der Waals surface area contributed by atoms with Crippen molar-refractivity contribution in [2.75, 3.05) is 32.1 Å². The average molecular weight is 382 g/mol. The Hall–Kier alpha value is -3.15. The Labute approximate surface area is 165 Å². The van der Waals surface area contributed by atoms with Crippen molar-refractivity contribution in [3.8, 4) is 0 Å². The molecule has 6 heteroatoms. The molecule has 6 nitrogen and oxygen atoms in total. The number of ketones is 1. The van der Waals surface area contributed by atoms with E-state index >= 15 is 0 Å². The Morgan fingerprint density at radius 3 is 2.36 bits per heavy atom. The number of nitrogens with one attached hydrogen (secondary N) is 1. The zero-order valence-corrected chi connectivity index (χ0v) is 16.5. The smallest absolute Gasteiger partial charge is 0.338 e. The highest BCUT2D eigenvalue weighted by atomic mass is 16.5. The molecule has 0 radical (unpaired) electrons. The van der Waals surface area contributed by atoms with Gasteiger partial charge in [0.05, 0.1) is 5.56 Å². The van der Waals surface area contributed by atoms with Crippen LogP contribution in [0.15, 0.2) is 48.5 Å². The van der Waals surface area contributed by atoms with E-state index in [2.05, 4.69) is 5.32 Å². The predicted octanol–water partition coefficient (Wildman–Crippen LogP) is 2.86. The minimum absolute atomic E-state index is 0.0380. The number of amides is 1. The number of ether oxygens (including phenoxy) is 1. The van der Waals surface area contributed by atoms with Gasteiger partial charge in [0.15, 0.2) is 12.4 Å². The van der Waals surface area contributed by atoms with Crippen molar-refractivity contribution in [3.05, 3.63) is 65.2 Å². The standard InChI is InChI=1S/C22H26N2O4/c1-16(25)23-13-5-6-17-9-11-18(12-10-17)21(26)15-28-22(27)19-7-4-8-20(14-19)24(2)3/h4,7-12,14H,5-6,13,15H2,1-3H3,(H,23,25). The van der Waals surface area contributed by atoms with Crippen LogP contribution >= 0.6 is 0 Å². The Morgan fingerprint density at radius 1 is 1.00 bits per heavy atom. The molecule has 0 unspecified atom stereocenters. The lowest BCUT2D eigenvalue weighted by molar-refractivity contribution is -0.118. The first-order valence-corrected chi connectivity index (χ1v) is 9.18. The van der Waals surface area contributed by atoms with Gasteiger partial charge in [-0.25, -0.2) is 4.79 Å². The van der Waals surface area contributed by atoms with Crippen molar-refractivity contribution in [1.29, 1.82) is 0 Å². The zero-order valence-electron chi connectivity index (χ0n) is 16.5. The molecule has 2 rings (SSSR count). The number of nitrogens with zero attached hydrogens (tertiary/aromatic N) is 1. The fourth-order valence-corrected chi connectivity index (χ4v) is 2.62. The lowest BCUT2D eigenvalue weighted by Crippen LogP contribution is -2.21. The minimum atomic E-state index is -0.522. The monoisotopic (exact) mass is 382 g/mol. The van der Waals surface area contributed by atoms with E-state index in [4.69, 9.17) is 4.74 Å². The van der Waals surface area contributed by atoms with Gasteiger partial charge in [-0.3, -0.25) is 9.59 Å². The largest absolute Gasteiger partial charge is 0.454 e. The summed E-state index contributed by atoms with van der Waals surface area (Å²) < 4.78 is 5.16. The van der Waals surface area contributed by atoms with Crippen molar-refractivity contribution in [2.45, 2.75) is 19.8 Å². The molecule has 0 aliphatic rings. The summed E-state index contributed by atoms with van der Waals surface area (Å²) in [5.41, 5.74) is 2.88. The Kier molecular flexibility index (Phi) is 7.75. The van der Waals surface area contributed by atoms with E-state index in [1.54, 1.807) is 30.3 Å². The average Bonchev–Trinajstić information content (AvgIpc) is 2.69. The number of aryl methyl sites for hydroxylation is 1. The van der Waals surface area contributed by atoms with Gasteiger partial charge in [-0.1, -0.05) is 30.3 Å². The van der Waals surface area contributed by atoms with Gasteiger partial charge in [-0.2, -0.15) is 0 Å². The normalized spacial score (nSPS) is 10.2. The predicted molar refractivity (Wildman–Crippen MR) is 109 cm³/mol. The molecule has 28 heavy (non-hydrogen) atoms. The summed E-state index contributed by atoms with van der Waals surface area (Å²) in [5.74, 6) is -0.808. The van der Waals surface area contributed by atoms with E-state index in [1.165, 1.54) is 6.92 Å². The molecule has 0 fully saturated rings. The van der Waals surface area contributed by atoms with Crippen LogP contribution < -0.4 is 10.2 Å². The van der Waals surface area contributed by atoms with Crippen molar-refractivity contribution < 1.29 is 19.1 Å². The molecule has 0 saturated heterocycles. The fraction of sp³-hybridized carbons (Fsp3) is 0.318. The van der Waals surface area contributed by atoms with Gasteiger partial charge < -0.3 is 15.0 Å². The van der Waals surface area contributed by atoms with Crippen LogP contribution in [0.5, 0.6) is 0 Å². The second-order valence-corrected chi connectivity index (χ2v) is 6.73. The highest BCUT2D eigenvalue weighted by Gasteiger charge is 2.12. The molecule has 2 aromatic carbocycles. The highest BCUT2D eigenvalue weighted by molar-refractivity contribution is 5.99. The number of rotatable bonds is 9. The Bertz CT molecular complexity index is 829. The SMILES string of the molecule is CC(=O)NCCCc1ccc(C(=O)COC(=O)c2cccc(N(C)C)c2)cc1. The summed E-state index contributed by atoms with van der Waals surface area (Å²) >= 11 is 0. The van der Waals surface area contributed by atoms with Crippen LogP contribution in [-0.4, -0.2) is 44.9 Å². The third kappa shape index (κ3) is 6.54. The van der Waals surface area contributed by atoms with E-state index in [1.807, 2.05) is 37.2 Å². The third-order valence-corrected chi connectivity index (χ3v) is 4.22. The number of Topliss-reactive ketones (excluding diaryl/α,β-unsaturated/α-hetero) is 1. The van der Waals surface area contributed by atoms with Crippen molar-refractivity contribution in [1.82, 2.24) is 5.32 Å². The summed E-state index contributed by atoms with van der Waals surface area (Å²) in [6.07, 6.45) is 1.64. The van der Waals surface area contributed by atoms with E-state index < -0.39 is 5.97 Å². The highest BCUT2D eigenvalue weighted by Crippen LogP contribution is 2.14. The summed E-state index contributed by atoms with van der Waals surface area (Å²) in [4.78, 5) is 37.2. The van der Waals surface area contributed by atoms with Crippen LogP contribution in [0.2, 0.25) is 0 Å². The van der Waals surface area contributed by atoms with Gasteiger partial charge in [0.2, 0.25) is 5.91 Å². The molecule has 0 bridgehead atoms. The molecule has 1 amide bonds. The first-order valence-electron chi connectivity index (χ1n) is 9.18. The second-order valence-electron chi connectivity index (χ2n) is 6.73. The maximum atomic E-state index is 12.3. The Morgan fingerprint density at radius 2 is 1.71 bits per heavy atom. The molecule has 0 aliphatic heterocycles. The summed E-state index contributed by atoms with van der Waals surface area (Å²) in [7, 11) is 3.77. The summed E-state index contributed by atoms with van der Waals surface area (Å²) in [6, 6.07) is 14.3. The number of hydrogen-bond acceptors (Lipinski definition) is 5. The Balaban J connectivity index is 1.84. The molecular formula is C22H26N2O4. The van der Waals surface area contributed by atoms with Gasteiger partial charge >= 0.3 is 5.97 Å². The van der Waals surface area contributed by atoms with E-state index in [-0.39, 0.29) is 18.3 Å². The van der Waals surface area contributed by atoms with Crippen LogP contribution in [0.3, 0.4) is 0 Å². The number of esters is 1. The van der Waals surface area contributed by atoms with Crippen molar-refractivity contribution in [3.63, 3.8) is 0 Å². The maximum absolute atomic E-state index is 12.3. The van der Waals surface area contributed by atoms with Crippen LogP contribution in [0.25, 0.3) is 0 Å². The summed E-state index contributed by atoms with van der Waals surface area (Å²) in [6.45, 7) is 1.82.